The molecule has 1 aliphatic heterocycles. The van der Waals surface area contributed by atoms with Crippen LogP contribution >= 0.6 is 15.9 Å². The van der Waals surface area contributed by atoms with Crippen LogP contribution in [-0.4, -0.2) is 23.8 Å². The second-order valence-electron chi connectivity index (χ2n) is 4.44. The van der Waals surface area contributed by atoms with E-state index >= 15 is 0 Å². The lowest BCUT2D eigenvalue weighted by Crippen LogP contribution is -2.29. The first kappa shape index (κ1) is 11.4. The van der Waals surface area contributed by atoms with E-state index in [1.54, 1.807) is 6.07 Å². The number of benzene rings is 1. The molecule has 0 aliphatic carbocycles. The molecule has 1 aliphatic rings. The number of aliphatic hydroxyl groups is 1. The molecule has 2 rings (SSSR count). The highest BCUT2D eigenvalue weighted by Gasteiger charge is 2.31. The van der Waals surface area contributed by atoms with E-state index in [1.165, 1.54) is 0 Å². The molecule has 1 heterocycles. The van der Waals surface area contributed by atoms with E-state index in [9.17, 15) is 5.11 Å². The van der Waals surface area contributed by atoms with Crippen molar-refractivity contribution in [3.8, 4) is 6.07 Å². The van der Waals surface area contributed by atoms with Crippen molar-refractivity contribution in [1.29, 1.82) is 5.26 Å². The van der Waals surface area contributed by atoms with Crippen molar-refractivity contribution in [3.05, 3.63) is 28.2 Å². The lowest BCUT2D eigenvalue weighted by molar-refractivity contribution is 0.0839. The zero-order valence-corrected chi connectivity index (χ0v) is 10.7. The molecule has 1 aromatic rings. The molecule has 0 amide bonds. The first-order valence-corrected chi connectivity index (χ1v) is 5.98. The van der Waals surface area contributed by atoms with Gasteiger partial charge in [0.25, 0.3) is 0 Å². The SMILES string of the molecule is CC1(O)CCN(c2ccc(C#N)c(Br)c2)C1. The van der Waals surface area contributed by atoms with Crippen molar-refractivity contribution in [2.24, 2.45) is 0 Å². The Morgan fingerprint density at radius 1 is 1.56 bits per heavy atom. The molecule has 16 heavy (non-hydrogen) atoms. The molecule has 1 atom stereocenters. The Hall–Kier alpha value is -1.05. The second kappa shape index (κ2) is 4.08. The highest BCUT2D eigenvalue weighted by molar-refractivity contribution is 9.10. The zero-order chi connectivity index (χ0) is 11.8. The molecule has 1 aromatic carbocycles. The predicted molar refractivity (Wildman–Crippen MR) is 66.3 cm³/mol. The van der Waals surface area contributed by atoms with Crippen molar-refractivity contribution in [2.75, 3.05) is 18.0 Å². The normalized spacial score (nSPS) is 24.5. The lowest BCUT2D eigenvalue weighted by atomic mass is 10.1. The average Bonchev–Trinajstić information content (AvgIpc) is 2.59. The summed E-state index contributed by atoms with van der Waals surface area (Å²) in [5.74, 6) is 0. The number of rotatable bonds is 1. The summed E-state index contributed by atoms with van der Waals surface area (Å²) in [6.45, 7) is 3.35. The van der Waals surface area contributed by atoms with Crippen LogP contribution in [0.25, 0.3) is 0 Å². The standard InChI is InChI=1S/C12H13BrN2O/c1-12(16)4-5-15(8-12)10-3-2-9(7-14)11(13)6-10/h2-3,6,16H,4-5,8H2,1H3. The molecular formula is C12H13BrN2O. The number of nitrogens with zero attached hydrogens (tertiary/aromatic N) is 2. The van der Waals surface area contributed by atoms with Gasteiger partial charge in [-0.15, -0.1) is 0 Å². The maximum Gasteiger partial charge on any atom is 0.100 e. The summed E-state index contributed by atoms with van der Waals surface area (Å²) in [6.07, 6.45) is 0.782. The van der Waals surface area contributed by atoms with E-state index < -0.39 is 5.60 Å². The minimum Gasteiger partial charge on any atom is -0.388 e. The van der Waals surface area contributed by atoms with Crippen LogP contribution in [0.15, 0.2) is 22.7 Å². The fourth-order valence-electron chi connectivity index (χ4n) is 1.96. The quantitative estimate of drug-likeness (QED) is 0.859. The van der Waals surface area contributed by atoms with Crippen molar-refractivity contribution in [3.63, 3.8) is 0 Å². The number of anilines is 1. The van der Waals surface area contributed by atoms with E-state index in [0.717, 1.165) is 23.1 Å². The Morgan fingerprint density at radius 2 is 2.31 bits per heavy atom. The highest BCUT2D eigenvalue weighted by Crippen LogP contribution is 2.29. The van der Waals surface area contributed by atoms with Crippen molar-refractivity contribution >= 4 is 21.6 Å². The zero-order valence-electron chi connectivity index (χ0n) is 9.07. The van der Waals surface area contributed by atoms with E-state index in [-0.39, 0.29) is 0 Å². The Morgan fingerprint density at radius 3 is 2.81 bits per heavy atom. The largest absolute Gasteiger partial charge is 0.388 e. The summed E-state index contributed by atoms with van der Waals surface area (Å²) >= 11 is 3.37. The van der Waals surface area contributed by atoms with Crippen LogP contribution in [0.2, 0.25) is 0 Å². The molecule has 3 nitrogen and oxygen atoms in total. The topological polar surface area (TPSA) is 47.3 Å². The minimum absolute atomic E-state index is 0.597. The molecule has 0 aromatic heterocycles. The fraction of sp³-hybridized carbons (Fsp3) is 0.417. The molecule has 0 spiro atoms. The number of hydrogen-bond acceptors (Lipinski definition) is 3. The first-order valence-electron chi connectivity index (χ1n) is 5.19. The monoisotopic (exact) mass is 280 g/mol. The van der Waals surface area contributed by atoms with Gasteiger partial charge in [-0.25, -0.2) is 0 Å². The van der Waals surface area contributed by atoms with Gasteiger partial charge in [-0.2, -0.15) is 5.26 Å². The van der Waals surface area contributed by atoms with E-state index in [2.05, 4.69) is 26.9 Å². The van der Waals surface area contributed by atoms with E-state index in [4.69, 9.17) is 5.26 Å². The second-order valence-corrected chi connectivity index (χ2v) is 5.30. The molecule has 84 valence electrons. The molecule has 0 bridgehead atoms. The maximum absolute atomic E-state index is 9.89. The number of β-amino-alcohol motifs (C(OH)–C–C–N with tert-alkyl or cyclic N) is 1. The van der Waals surface area contributed by atoms with Crippen molar-refractivity contribution < 1.29 is 5.11 Å². The van der Waals surface area contributed by atoms with Crippen LogP contribution in [0.1, 0.15) is 18.9 Å². The van der Waals surface area contributed by atoms with Crippen molar-refractivity contribution in [1.82, 2.24) is 0 Å². The molecule has 0 radical (unpaired) electrons. The molecule has 1 saturated heterocycles. The summed E-state index contributed by atoms with van der Waals surface area (Å²) in [4.78, 5) is 2.13. The van der Waals surface area contributed by atoms with Gasteiger partial charge < -0.3 is 10.0 Å². The van der Waals surface area contributed by atoms with Gasteiger partial charge in [0.1, 0.15) is 6.07 Å². The Bertz CT molecular complexity index is 451. The van der Waals surface area contributed by atoms with E-state index in [0.29, 0.717) is 12.1 Å². The van der Waals surface area contributed by atoms with Crippen LogP contribution in [0.4, 0.5) is 5.69 Å². The van der Waals surface area contributed by atoms with Gasteiger partial charge in [0.05, 0.1) is 11.2 Å². The Labute approximate surface area is 103 Å². The van der Waals surface area contributed by atoms with Gasteiger partial charge in [0.15, 0.2) is 0 Å². The van der Waals surface area contributed by atoms with Crippen LogP contribution in [0, 0.1) is 11.3 Å². The van der Waals surface area contributed by atoms with E-state index in [1.807, 2.05) is 19.1 Å². The third kappa shape index (κ3) is 2.21. The summed E-state index contributed by atoms with van der Waals surface area (Å²) < 4.78 is 0.805. The summed E-state index contributed by atoms with van der Waals surface area (Å²) in [5.41, 5.74) is 1.08. The molecule has 1 unspecified atom stereocenters. The number of halogens is 1. The summed E-state index contributed by atoms with van der Waals surface area (Å²) in [7, 11) is 0. The van der Waals surface area contributed by atoms with Gasteiger partial charge >= 0.3 is 0 Å². The van der Waals surface area contributed by atoms with Crippen LogP contribution in [0.5, 0.6) is 0 Å². The highest BCUT2D eigenvalue weighted by atomic mass is 79.9. The van der Waals surface area contributed by atoms with Gasteiger partial charge in [-0.3, -0.25) is 0 Å². The Balaban J connectivity index is 2.24. The third-order valence-corrected chi connectivity index (χ3v) is 3.55. The Kier molecular flexibility index (Phi) is 2.92. The lowest BCUT2D eigenvalue weighted by Gasteiger charge is -2.21. The van der Waals surface area contributed by atoms with Gasteiger partial charge in [-0.05, 0) is 47.5 Å². The average molecular weight is 281 g/mol. The number of hydrogen-bond donors (Lipinski definition) is 1. The molecule has 0 saturated carbocycles. The molecule has 1 N–H and O–H groups in total. The molecule has 4 heteroatoms. The first-order chi connectivity index (χ1) is 7.52. The smallest absolute Gasteiger partial charge is 0.100 e. The molecule has 1 fully saturated rings. The van der Waals surface area contributed by atoms with Gasteiger partial charge in [0.2, 0.25) is 0 Å². The van der Waals surface area contributed by atoms with Crippen LogP contribution in [-0.2, 0) is 0 Å². The van der Waals surface area contributed by atoms with Crippen molar-refractivity contribution in [2.45, 2.75) is 18.9 Å². The minimum atomic E-state index is -0.597. The van der Waals surface area contributed by atoms with Crippen LogP contribution < -0.4 is 4.90 Å². The summed E-state index contributed by atoms with van der Waals surface area (Å²) in [6, 6.07) is 7.76. The summed E-state index contributed by atoms with van der Waals surface area (Å²) in [5, 5.41) is 18.7. The number of nitriles is 1. The predicted octanol–water partition coefficient (Wildman–Crippen LogP) is 2.28. The van der Waals surface area contributed by atoms with Gasteiger partial charge in [0, 0.05) is 23.2 Å². The fourth-order valence-corrected chi connectivity index (χ4v) is 2.41. The van der Waals surface area contributed by atoms with Crippen LogP contribution in [0.3, 0.4) is 0 Å². The third-order valence-electron chi connectivity index (χ3n) is 2.89. The van der Waals surface area contributed by atoms with Gasteiger partial charge in [-0.1, -0.05) is 0 Å². The maximum atomic E-state index is 9.89. The molecular weight excluding hydrogens is 268 g/mol.